The highest BCUT2D eigenvalue weighted by Gasteiger charge is 2.37. The number of hydrogen-bond donors (Lipinski definition) is 0. The van der Waals surface area contributed by atoms with Crippen molar-refractivity contribution in [2.24, 2.45) is 5.10 Å². The molecule has 0 radical (unpaired) electrons. The minimum absolute atomic E-state index is 0.0303. The van der Waals surface area contributed by atoms with Crippen LogP contribution in [-0.2, 0) is 19.4 Å². The molecular weight excluding hydrogens is 232 g/mol. The Labute approximate surface area is 94.2 Å². The van der Waals surface area contributed by atoms with Crippen LogP contribution in [0.1, 0.15) is 12.8 Å². The first-order valence-corrected chi connectivity index (χ1v) is 6.92. The van der Waals surface area contributed by atoms with E-state index >= 15 is 0 Å². The van der Waals surface area contributed by atoms with Gasteiger partial charge in [0.1, 0.15) is 0 Å². The van der Waals surface area contributed by atoms with Gasteiger partial charge in [0.05, 0.1) is 36.3 Å². The van der Waals surface area contributed by atoms with Crippen molar-refractivity contribution in [3.63, 3.8) is 0 Å². The fourth-order valence-corrected chi connectivity index (χ4v) is 3.69. The molecule has 1 atom stereocenters. The van der Waals surface area contributed by atoms with Crippen LogP contribution in [0.5, 0.6) is 0 Å². The van der Waals surface area contributed by atoms with Gasteiger partial charge < -0.3 is 4.74 Å². The molecule has 1 fully saturated rings. The van der Waals surface area contributed by atoms with Crippen molar-refractivity contribution in [1.82, 2.24) is 5.01 Å². The third-order valence-corrected chi connectivity index (χ3v) is 4.48. The number of amides is 1. The van der Waals surface area contributed by atoms with E-state index < -0.39 is 9.84 Å². The Kier molecular flexibility index (Phi) is 2.98. The number of ether oxygens (including phenoxy) is 1. The fraction of sp³-hybridized carbons (Fsp3) is 0.778. The van der Waals surface area contributed by atoms with Gasteiger partial charge in [0, 0.05) is 7.11 Å². The molecule has 2 heterocycles. The highest BCUT2D eigenvalue weighted by atomic mass is 32.2. The molecule has 0 bridgehead atoms. The average Bonchev–Trinajstić information content (AvgIpc) is 2.70. The molecule has 90 valence electrons. The molecule has 1 saturated heterocycles. The van der Waals surface area contributed by atoms with Gasteiger partial charge in [-0.15, -0.1) is 0 Å². The predicted molar refractivity (Wildman–Crippen MR) is 57.8 cm³/mol. The lowest BCUT2D eigenvalue weighted by Crippen LogP contribution is -2.33. The summed E-state index contributed by atoms with van der Waals surface area (Å²) >= 11 is 0. The van der Waals surface area contributed by atoms with Crippen molar-refractivity contribution in [3.05, 3.63) is 0 Å². The zero-order chi connectivity index (χ0) is 11.8. The molecule has 0 spiro atoms. The molecule has 0 N–H and O–H groups in total. The molecule has 0 aromatic heterocycles. The van der Waals surface area contributed by atoms with E-state index in [4.69, 9.17) is 4.74 Å². The number of methoxy groups -OCH3 is 1. The highest BCUT2D eigenvalue weighted by molar-refractivity contribution is 7.91. The zero-order valence-electron chi connectivity index (χ0n) is 9.05. The molecule has 0 saturated carbocycles. The molecule has 6 nitrogen and oxygen atoms in total. The van der Waals surface area contributed by atoms with E-state index in [1.54, 1.807) is 0 Å². The predicted octanol–water partition coefficient (Wildman–Crippen LogP) is -0.592. The largest absolute Gasteiger partial charge is 0.379 e. The van der Waals surface area contributed by atoms with Gasteiger partial charge in [-0.25, -0.2) is 13.4 Å². The van der Waals surface area contributed by atoms with Gasteiger partial charge in [-0.3, -0.25) is 4.79 Å². The third-order valence-electron chi connectivity index (χ3n) is 2.73. The van der Waals surface area contributed by atoms with E-state index in [1.807, 2.05) is 0 Å². The smallest absolute Gasteiger partial charge is 0.248 e. The minimum atomic E-state index is -2.98. The maximum Gasteiger partial charge on any atom is 0.248 e. The van der Waals surface area contributed by atoms with E-state index in [0.717, 1.165) is 0 Å². The summed E-state index contributed by atoms with van der Waals surface area (Å²) in [5.74, 6) is 0.0492. The number of nitrogens with zero attached hydrogens (tertiary/aromatic N) is 2. The molecule has 2 rings (SSSR count). The Hall–Kier alpha value is -0.950. The molecule has 7 heteroatoms. The molecule has 0 aromatic rings. The van der Waals surface area contributed by atoms with Crippen molar-refractivity contribution in [2.75, 3.05) is 25.2 Å². The quantitative estimate of drug-likeness (QED) is 0.667. The molecule has 2 aliphatic heterocycles. The fourth-order valence-electron chi connectivity index (χ4n) is 2.00. The third kappa shape index (κ3) is 2.25. The molecule has 1 amide bonds. The molecule has 0 aromatic carbocycles. The number of carbonyl (C=O) groups excluding carboxylic acids is 1. The first kappa shape index (κ1) is 11.5. The summed E-state index contributed by atoms with van der Waals surface area (Å²) in [5.41, 5.74) is 0.664. The summed E-state index contributed by atoms with van der Waals surface area (Å²) < 4.78 is 27.5. The van der Waals surface area contributed by atoms with Crippen LogP contribution in [-0.4, -0.2) is 56.3 Å². The van der Waals surface area contributed by atoms with E-state index in [2.05, 4.69) is 5.10 Å². The zero-order valence-corrected chi connectivity index (χ0v) is 9.87. The van der Waals surface area contributed by atoms with Crippen LogP contribution < -0.4 is 0 Å². The van der Waals surface area contributed by atoms with Gasteiger partial charge in [-0.1, -0.05) is 0 Å². The average molecular weight is 246 g/mol. The van der Waals surface area contributed by atoms with Crippen LogP contribution in [0.4, 0.5) is 0 Å². The number of hydrogen-bond acceptors (Lipinski definition) is 5. The minimum Gasteiger partial charge on any atom is -0.379 e. The Morgan fingerprint density at radius 2 is 2.31 bits per heavy atom. The summed E-state index contributed by atoms with van der Waals surface area (Å²) in [5, 5.41) is 5.44. The summed E-state index contributed by atoms with van der Waals surface area (Å²) in [6.07, 6.45) is 0.724. The lowest BCUT2D eigenvalue weighted by Gasteiger charge is -2.17. The van der Waals surface area contributed by atoms with Gasteiger partial charge in [0.15, 0.2) is 9.84 Å². The first-order chi connectivity index (χ1) is 7.52. The summed E-state index contributed by atoms with van der Waals surface area (Å²) in [6.45, 7) is 0.321. The van der Waals surface area contributed by atoms with Crippen LogP contribution >= 0.6 is 0 Å². The SMILES string of the molecule is COCC1=NN(C2CCS(=O)(=O)C2)C(=O)C1. The second-order valence-corrected chi connectivity index (χ2v) is 6.30. The number of rotatable bonds is 3. The van der Waals surface area contributed by atoms with Crippen molar-refractivity contribution < 1.29 is 17.9 Å². The lowest BCUT2D eigenvalue weighted by atomic mass is 10.2. The van der Waals surface area contributed by atoms with Crippen LogP contribution in [0.15, 0.2) is 5.10 Å². The molecule has 16 heavy (non-hydrogen) atoms. The van der Waals surface area contributed by atoms with Crippen molar-refractivity contribution in [2.45, 2.75) is 18.9 Å². The van der Waals surface area contributed by atoms with Gasteiger partial charge in [0.2, 0.25) is 5.91 Å². The van der Waals surface area contributed by atoms with Gasteiger partial charge in [-0.05, 0) is 6.42 Å². The topological polar surface area (TPSA) is 76.0 Å². The normalized spacial score (nSPS) is 28.6. The van der Waals surface area contributed by atoms with Crippen LogP contribution in [0.25, 0.3) is 0 Å². The number of sulfone groups is 1. The lowest BCUT2D eigenvalue weighted by molar-refractivity contribution is -0.130. The van der Waals surface area contributed by atoms with E-state index in [9.17, 15) is 13.2 Å². The summed E-state index contributed by atoms with van der Waals surface area (Å²) in [6, 6.07) is -0.285. The molecular formula is C9H14N2O4S. The maximum absolute atomic E-state index is 11.6. The van der Waals surface area contributed by atoms with Crippen molar-refractivity contribution >= 4 is 21.5 Å². The summed E-state index contributed by atoms with van der Waals surface area (Å²) in [4.78, 5) is 11.6. The highest BCUT2D eigenvalue weighted by Crippen LogP contribution is 2.22. The molecule has 0 aliphatic carbocycles. The number of carbonyl (C=O) groups is 1. The van der Waals surface area contributed by atoms with Gasteiger partial charge in [-0.2, -0.15) is 5.10 Å². The Balaban J connectivity index is 2.08. The Morgan fingerprint density at radius 3 is 2.88 bits per heavy atom. The van der Waals surface area contributed by atoms with Crippen LogP contribution in [0.2, 0.25) is 0 Å². The monoisotopic (exact) mass is 246 g/mol. The first-order valence-electron chi connectivity index (χ1n) is 5.09. The second kappa shape index (κ2) is 4.14. The standard InChI is InChI=1S/C9H14N2O4S/c1-15-5-7-4-9(12)11(10-7)8-2-3-16(13,14)6-8/h8H,2-6H2,1H3. The van der Waals surface area contributed by atoms with E-state index in [1.165, 1.54) is 12.1 Å². The van der Waals surface area contributed by atoms with E-state index in [-0.39, 0.29) is 29.9 Å². The summed E-state index contributed by atoms with van der Waals surface area (Å²) in [7, 11) is -1.44. The maximum atomic E-state index is 11.6. The Bertz CT molecular complexity index is 429. The van der Waals surface area contributed by atoms with Gasteiger partial charge >= 0.3 is 0 Å². The second-order valence-electron chi connectivity index (χ2n) is 4.07. The molecule has 1 unspecified atom stereocenters. The number of hydrazone groups is 1. The van der Waals surface area contributed by atoms with E-state index in [0.29, 0.717) is 18.7 Å². The van der Waals surface area contributed by atoms with Crippen molar-refractivity contribution in [1.29, 1.82) is 0 Å². The van der Waals surface area contributed by atoms with Crippen molar-refractivity contribution in [3.8, 4) is 0 Å². The Morgan fingerprint density at radius 1 is 1.56 bits per heavy atom. The molecule has 2 aliphatic rings. The van der Waals surface area contributed by atoms with Crippen LogP contribution in [0, 0.1) is 0 Å². The van der Waals surface area contributed by atoms with Crippen LogP contribution in [0.3, 0.4) is 0 Å². The van der Waals surface area contributed by atoms with Gasteiger partial charge in [0.25, 0.3) is 0 Å².